The first-order valence-corrected chi connectivity index (χ1v) is 15.9. The largest absolute Gasteiger partial charge is 0.462 e. The number of ether oxygens (including phenoxy) is 4. The van der Waals surface area contributed by atoms with Crippen LogP contribution in [0.5, 0.6) is 0 Å². The molecular weight excluding hydrogens is 559 g/mol. The third kappa shape index (κ3) is 11.0. The van der Waals surface area contributed by atoms with Gasteiger partial charge in [0.15, 0.2) is 0 Å². The normalized spacial score (nSPS) is 16.4. The van der Waals surface area contributed by atoms with Gasteiger partial charge in [0.05, 0.1) is 37.6 Å². The van der Waals surface area contributed by atoms with Crippen molar-refractivity contribution in [2.75, 3.05) is 40.6 Å². The molecule has 240 valence electrons. The van der Waals surface area contributed by atoms with E-state index >= 15 is 4.39 Å². The Morgan fingerprint density at radius 2 is 1.36 bits per heavy atom. The molecule has 0 spiro atoms. The predicted octanol–water partition coefficient (Wildman–Crippen LogP) is 7.92. The van der Waals surface area contributed by atoms with Gasteiger partial charge >= 0.3 is 11.9 Å². The third-order valence-corrected chi connectivity index (χ3v) is 8.35. The summed E-state index contributed by atoms with van der Waals surface area (Å²) in [7, 11) is 2.98. The molecule has 0 aliphatic heterocycles. The van der Waals surface area contributed by atoms with Gasteiger partial charge in [-0.05, 0) is 71.4 Å². The van der Waals surface area contributed by atoms with Crippen molar-refractivity contribution in [3.05, 3.63) is 83.2 Å². The number of esters is 2. The van der Waals surface area contributed by atoms with Crippen molar-refractivity contribution in [3.8, 4) is 11.1 Å². The first-order valence-electron chi connectivity index (χ1n) is 15.9. The molecule has 2 aromatic carbocycles. The molecule has 1 aliphatic rings. The number of carbonyl (C=O) groups excluding carboxylic acids is 2. The summed E-state index contributed by atoms with van der Waals surface area (Å²) < 4.78 is 36.2. The molecule has 0 unspecified atom stereocenters. The first kappa shape index (κ1) is 35.2. The van der Waals surface area contributed by atoms with Gasteiger partial charge in [0.2, 0.25) is 0 Å². The highest BCUT2D eigenvalue weighted by atomic mass is 19.1. The van der Waals surface area contributed by atoms with Crippen LogP contribution in [0.1, 0.15) is 80.9 Å². The van der Waals surface area contributed by atoms with Gasteiger partial charge in [-0.25, -0.2) is 14.0 Å². The molecule has 0 radical (unpaired) electrons. The summed E-state index contributed by atoms with van der Waals surface area (Å²) in [6.07, 6.45) is 10.5. The van der Waals surface area contributed by atoms with Crippen LogP contribution < -0.4 is 0 Å². The van der Waals surface area contributed by atoms with Crippen LogP contribution in [0, 0.1) is 11.7 Å². The fourth-order valence-corrected chi connectivity index (χ4v) is 5.89. The van der Waals surface area contributed by atoms with Gasteiger partial charge in [-0.15, -0.1) is 0 Å². The van der Waals surface area contributed by atoms with Crippen molar-refractivity contribution in [1.29, 1.82) is 0 Å². The van der Waals surface area contributed by atoms with Crippen molar-refractivity contribution in [2.45, 2.75) is 77.0 Å². The third-order valence-electron chi connectivity index (χ3n) is 8.35. The van der Waals surface area contributed by atoms with Crippen LogP contribution >= 0.6 is 0 Å². The van der Waals surface area contributed by atoms with Gasteiger partial charge < -0.3 is 18.9 Å². The fourth-order valence-electron chi connectivity index (χ4n) is 5.89. The second-order valence-electron chi connectivity index (χ2n) is 11.8. The minimum absolute atomic E-state index is 0.107. The van der Waals surface area contributed by atoms with Gasteiger partial charge in [0.1, 0.15) is 5.82 Å². The Labute approximate surface area is 262 Å². The molecule has 0 heterocycles. The molecule has 0 atom stereocenters. The summed E-state index contributed by atoms with van der Waals surface area (Å²) in [6.45, 7) is 10.1. The highest BCUT2D eigenvalue weighted by molar-refractivity contribution is 5.88. The summed E-state index contributed by atoms with van der Waals surface area (Å²) >= 11 is 0. The lowest BCUT2D eigenvalue weighted by atomic mass is 9.76. The van der Waals surface area contributed by atoms with E-state index in [1.807, 2.05) is 30.3 Å². The zero-order chi connectivity index (χ0) is 31.9. The molecule has 7 heteroatoms. The highest BCUT2D eigenvalue weighted by Gasteiger charge is 2.24. The molecule has 0 amide bonds. The Kier molecular flexibility index (Phi) is 14.8. The van der Waals surface area contributed by atoms with E-state index in [1.165, 1.54) is 52.7 Å². The zero-order valence-electron chi connectivity index (χ0n) is 26.8. The zero-order valence-corrected chi connectivity index (χ0v) is 26.8. The average Bonchev–Trinajstić information content (AvgIpc) is 3.01. The van der Waals surface area contributed by atoms with Gasteiger partial charge in [-0.3, -0.25) is 0 Å². The maximum Gasteiger partial charge on any atom is 0.335 e. The predicted molar refractivity (Wildman–Crippen MR) is 172 cm³/mol. The first-order chi connectivity index (χ1) is 21.2. The summed E-state index contributed by atoms with van der Waals surface area (Å²) in [5, 5.41) is 0. The summed E-state index contributed by atoms with van der Waals surface area (Å²) in [6, 6.07) is 11.6. The number of benzene rings is 2. The van der Waals surface area contributed by atoms with E-state index in [0.717, 1.165) is 46.6 Å². The number of hydrogen-bond donors (Lipinski definition) is 0. The molecule has 44 heavy (non-hydrogen) atoms. The standard InChI is InChI=1S/C37H49FO6/c1-6-7-8-9-28-10-12-31(13-11-28)34-15-14-32(23-35(34)38)33-21-29(16-18-43-36(39)26(2)24-41-4)20-30(22-33)17-19-44-37(40)27(3)25-42-5/h14-15,20-23,28,31H,2-3,6-13,16-19,24-25H2,1,4-5H3. The molecule has 0 saturated heterocycles. The van der Waals surface area contributed by atoms with E-state index < -0.39 is 11.9 Å². The van der Waals surface area contributed by atoms with Crippen LogP contribution in [0.2, 0.25) is 0 Å². The Balaban J connectivity index is 1.73. The fraction of sp³-hybridized carbons (Fsp3) is 0.514. The van der Waals surface area contributed by atoms with E-state index in [2.05, 4.69) is 20.1 Å². The SMILES string of the molecule is C=C(COC)C(=O)OCCc1cc(CCOC(=O)C(=C)COC)cc(-c2ccc(C3CCC(CCCCC)CC3)c(F)c2)c1. The van der Waals surface area contributed by atoms with Crippen molar-refractivity contribution < 1.29 is 32.9 Å². The van der Waals surface area contributed by atoms with Crippen molar-refractivity contribution in [2.24, 2.45) is 5.92 Å². The molecular formula is C37H49FO6. The lowest BCUT2D eigenvalue weighted by Gasteiger charge is -2.29. The van der Waals surface area contributed by atoms with Crippen LogP contribution in [0.15, 0.2) is 60.7 Å². The summed E-state index contributed by atoms with van der Waals surface area (Å²) in [4.78, 5) is 24.3. The molecule has 1 fully saturated rings. The Bertz CT molecular complexity index is 1210. The molecule has 1 aliphatic carbocycles. The molecule has 0 N–H and O–H groups in total. The second kappa shape index (κ2) is 18.5. The van der Waals surface area contributed by atoms with Crippen molar-refractivity contribution >= 4 is 11.9 Å². The number of carbonyl (C=O) groups is 2. The van der Waals surface area contributed by atoms with Crippen molar-refractivity contribution in [3.63, 3.8) is 0 Å². The highest BCUT2D eigenvalue weighted by Crippen LogP contribution is 2.39. The van der Waals surface area contributed by atoms with E-state index in [4.69, 9.17) is 18.9 Å². The maximum absolute atomic E-state index is 15.6. The van der Waals surface area contributed by atoms with Crippen LogP contribution in [-0.2, 0) is 41.4 Å². The summed E-state index contributed by atoms with van der Waals surface area (Å²) in [5.41, 5.74) is 4.78. The number of hydrogen-bond acceptors (Lipinski definition) is 6. The van der Waals surface area contributed by atoms with Gasteiger partial charge in [-0.2, -0.15) is 0 Å². The molecule has 6 nitrogen and oxygen atoms in total. The van der Waals surface area contributed by atoms with E-state index in [0.29, 0.717) is 12.8 Å². The van der Waals surface area contributed by atoms with Gasteiger partial charge in [0, 0.05) is 27.1 Å². The van der Waals surface area contributed by atoms with Gasteiger partial charge in [0.25, 0.3) is 0 Å². The Hall–Kier alpha value is -3.29. The molecule has 3 rings (SSSR count). The van der Waals surface area contributed by atoms with Crippen LogP contribution in [0.25, 0.3) is 11.1 Å². The average molecular weight is 609 g/mol. The number of rotatable bonds is 18. The molecule has 0 bridgehead atoms. The van der Waals surface area contributed by atoms with E-state index in [9.17, 15) is 9.59 Å². The summed E-state index contributed by atoms with van der Waals surface area (Å²) in [5.74, 6) is -0.132. The molecule has 0 aromatic heterocycles. The number of halogens is 1. The molecule has 1 saturated carbocycles. The Morgan fingerprint density at radius 1 is 0.795 bits per heavy atom. The lowest BCUT2D eigenvalue weighted by molar-refractivity contribution is -0.140. The monoisotopic (exact) mass is 608 g/mol. The van der Waals surface area contributed by atoms with Crippen LogP contribution in [0.3, 0.4) is 0 Å². The van der Waals surface area contributed by atoms with E-state index in [-0.39, 0.29) is 49.3 Å². The second-order valence-corrected chi connectivity index (χ2v) is 11.8. The Morgan fingerprint density at radius 3 is 1.86 bits per heavy atom. The van der Waals surface area contributed by atoms with E-state index in [1.54, 1.807) is 6.07 Å². The van der Waals surface area contributed by atoms with Gasteiger partial charge in [-0.1, -0.05) is 76.1 Å². The smallest absolute Gasteiger partial charge is 0.335 e. The molecule has 2 aromatic rings. The van der Waals surface area contributed by atoms with Crippen molar-refractivity contribution in [1.82, 2.24) is 0 Å². The number of methoxy groups -OCH3 is 2. The quantitative estimate of drug-likeness (QED) is 0.0973. The number of unbranched alkanes of at least 4 members (excludes halogenated alkanes) is 2. The minimum atomic E-state index is -0.501. The lowest BCUT2D eigenvalue weighted by Crippen LogP contribution is -2.14. The minimum Gasteiger partial charge on any atom is -0.462 e. The maximum atomic E-state index is 15.6. The topological polar surface area (TPSA) is 71.1 Å². The van der Waals surface area contributed by atoms with Crippen LogP contribution in [-0.4, -0.2) is 52.6 Å². The van der Waals surface area contributed by atoms with Crippen LogP contribution in [0.4, 0.5) is 4.39 Å².